The molecule has 3 aromatic rings. The van der Waals surface area contributed by atoms with Gasteiger partial charge in [-0.3, -0.25) is 5.10 Å². The lowest BCUT2D eigenvalue weighted by atomic mass is 10.2. The van der Waals surface area contributed by atoms with E-state index in [0.29, 0.717) is 29.3 Å². The van der Waals surface area contributed by atoms with Gasteiger partial charge in [0, 0.05) is 29.6 Å². The fourth-order valence-electron chi connectivity index (χ4n) is 2.91. The van der Waals surface area contributed by atoms with Gasteiger partial charge >= 0.3 is 0 Å². The standard InChI is InChI=1S/C19H22N6O3S/c1-28-16-10-20-19(21-14-7-3-12(4-8-14)11-29(2,26)27)23-18(16)22-17-9-15(24-25-17)13-5-6-13/h3-4,7-10,13H,5-6,11H2,1-2H3,(H3,20,21,22,23,24,25). The summed E-state index contributed by atoms with van der Waals surface area (Å²) in [7, 11) is -1.51. The highest BCUT2D eigenvalue weighted by Crippen LogP contribution is 2.40. The molecule has 0 amide bonds. The predicted molar refractivity (Wildman–Crippen MR) is 111 cm³/mol. The van der Waals surface area contributed by atoms with Crippen LogP contribution in [0.1, 0.15) is 30.0 Å². The molecule has 0 spiro atoms. The van der Waals surface area contributed by atoms with Gasteiger partial charge in [0.1, 0.15) is 0 Å². The summed E-state index contributed by atoms with van der Waals surface area (Å²) in [5.74, 6) is 2.62. The Bertz CT molecular complexity index is 1110. The van der Waals surface area contributed by atoms with Crippen molar-refractivity contribution >= 4 is 33.1 Å². The van der Waals surface area contributed by atoms with Crippen LogP contribution < -0.4 is 15.4 Å². The number of aromatic amines is 1. The second kappa shape index (κ2) is 7.70. The van der Waals surface area contributed by atoms with E-state index in [9.17, 15) is 8.42 Å². The number of anilines is 4. The molecule has 1 aromatic carbocycles. The quantitative estimate of drug-likeness (QED) is 0.514. The molecule has 0 saturated heterocycles. The van der Waals surface area contributed by atoms with Crippen molar-refractivity contribution in [3.05, 3.63) is 47.8 Å². The van der Waals surface area contributed by atoms with E-state index >= 15 is 0 Å². The maximum atomic E-state index is 11.4. The van der Waals surface area contributed by atoms with Gasteiger partial charge in [-0.15, -0.1) is 0 Å². The molecule has 1 fully saturated rings. The zero-order valence-corrected chi connectivity index (χ0v) is 17.0. The number of H-pyrrole nitrogens is 1. The van der Waals surface area contributed by atoms with Crippen LogP contribution >= 0.6 is 0 Å². The van der Waals surface area contributed by atoms with Crippen LogP contribution in [0.25, 0.3) is 0 Å². The number of sulfone groups is 1. The zero-order chi connectivity index (χ0) is 20.4. The summed E-state index contributed by atoms with van der Waals surface area (Å²) < 4.78 is 28.2. The number of aromatic nitrogens is 4. The third kappa shape index (κ3) is 5.02. The Morgan fingerprint density at radius 1 is 1.21 bits per heavy atom. The van der Waals surface area contributed by atoms with Crippen molar-refractivity contribution in [3.63, 3.8) is 0 Å². The monoisotopic (exact) mass is 414 g/mol. The Morgan fingerprint density at radius 3 is 2.62 bits per heavy atom. The molecule has 2 heterocycles. The van der Waals surface area contributed by atoms with Crippen LogP contribution in [-0.2, 0) is 15.6 Å². The number of benzene rings is 1. The average molecular weight is 414 g/mol. The van der Waals surface area contributed by atoms with Crippen LogP contribution in [-0.4, -0.2) is 41.9 Å². The third-order valence-electron chi connectivity index (χ3n) is 4.48. The maximum Gasteiger partial charge on any atom is 0.229 e. The molecule has 9 nitrogen and oxygen atoms in total. The van der Waals surface area contributed by atoms with Crippen LogP contribution in [0.5, 0.6) is 5.75 Å². The number of rotatable bonds is 8. The lowest BCUT2D eigenvalue weighted by Gasteiger charge is -2.11. The minimum absolute atomic E-state index is 0.00684. The molecule has 2 aromatic heterocycles. The smallest absolute Gasteiger partial charge is 0.229 e. The van der Waals surface area contributed by atoms with E-state index in [1.165, 1.54) is 19.1 Å². The van der Waals surface area contributed by atoms with E-state index in [0.717, 1.165) is 16.9 Å². The van der Waals surface area contributed by atoms with Crippen molar-refractivity contribution in [1.82, 2.24) is 20.2 Å². The Balaban J connectivity index is 1.49. The summed E-state index contributed by atoms with van der Waals surface area (Å²) in [6.45, 7) is 0. The first-order chi connectivity index (χ1) is 13.9. The van der Waals surface area contributed by atoms with Gasteiger partial charge in [0.25, 0.3) is 0 Å². The van der Waals surface area contributed by atoms with E-state index in [2.05, 4.69) is 30.8 Å². The van der Waals surface area contributed by atoms with Gasteiger partial charge in [-0.1, -0.05) is 12.1 Å². The molecule has 1 aliphatic rings. The number of hydrogen-bond acceptors (Lipinski definition) is 8. The molecule has 0 unspecified atom stereocenters. The van der Waals surface area contributed by atoms with Gasteiger partial charge < -0.3 is 15.4 Å². The highest BCUT2D eigenvalue weighted by atomic mass is 32.2. The topological polar surface area (TPSA) is 122 Å². The largest absolute Gasteiger partial charge is 0.491 e. The van der Waals surface area contributed by atoms with Gasteiger partial charge in [0.2, 0.25) is 5.95 Å². The molecule has 0 atom stereocenters. The van der Waals surface area contributed by atoms with Crippen molar-refractivity contribution in [2.75, 3.05) is 24.0 Å². The van der Waals surface area contributed by atoms with Gasteiger partial charge in [-0.2, -0.15) is 10.1 Å². The molecule has 1 saturated carbocycles. The first kappa shape index (κ1) is 19.2. The molecule has 152 valence electrons. The average Bonchev–Trinajstić information content (AvgIpc) is 3.42. The summed E-state index contributed by atoms with van der Waals surface area (Å²) in [5, 5.41) is 13.6. The minimum Gasteiger partial charge on any atom is -0.491 e. The fourth-order valence-corrected chi connectivity index (χ4v) is 3.71. The van der Waals surface area contributed by atoms with Crippen LogP contribution in [0.15, 0.2) is 36.5 Å². The highest BCUT2D eigenvalue weighted by molar-refractivity contribution is 7.89. The Labute approximate surface area is 168 Å². The summed E-state index contributed by atoms with van der Waals surface area (Å²) in [5.41, 5.74) is 2.59. The third-order valence-corrected chi connectivity index (χ3v) is 5.33. The Morgan fingerprint density at radius 2 is 1.97 bits per heavy atom. The SMILES string of the molecule is COc1cnc(Nc2ccc(CS(C)(=O)=O)cc2)nc1Nc1cc(C2CC2)[nH]n1. The molecular weight excluding hydrogens is 392 g/mol. The molecule has 3 N–H and O–H groups in total. The van der Waals surface area contributed by atoms with Crippen molar-refractivity contribution in [1.29, 1.82) is 0 Å². The second-order valence-corrected chi connectivity index (χ2v) is 9.25. The summed E-state index contributed by atoms with van der Waals surface area (Å²) in [4.78, 5) is 8.74. The first-order valence-corrected chi connectivity index (χ1v) is 11.2. The highest BCUT2D eigenvalue weighted by Gasteiger charge is 2.25. The minimum atomic E-state index is -3.07. The molecule has 0 aliphatic heterocycles. The van der Waals surface area contributed by atoms with Crippen molar-refractivity contribution in [2.45, 2.75) is 24.5 Å². The molecule has 4 rings (SSSR count). The van der Waals surface area contributed by atoms with Crippen LogP contribution in [0.2, 0.25) is 0 Å². The molecular formula is C19H22N6O3S. The van der Waals surface area contributed by atoms with Crippen molar-refractivity contribution in [3.8, 4) is 5.75 Å². The van der Waals surface area contributed by atoms with Gasteiger partial charge in [0.05, 0.1) is 19.1 Å². The second-order valence-electron chi connectivity index (χ2n) is 7.11. The number of nitrogens with one attached hydrogen (secondary N) is 3. The predicted octanol–water partition coefficient (Wildman–Crippen LogP) is 3.12. The van der Waals surface area contributed by atoms with Crippen LogP contribution in [0, 0.1) is 0 Å². The van der Waals surface area contributed by atoms with E-state index in [1.807, 2.05) is 6.07 Å². The van der Waals surface area contributed by atoms with Crippen molar-refractivity contribution < 1.29 is 13.2 Å². The summed E-state index contributed by atoms with van der Waals surface area (Å²) in [6.07, 6.45) is 5.17. The molecule has 0 bridgehead atoms. The van der Waals surface area contributed by atoms with E-state index in [1.54, 1.807) is 37.6 Å². The Kier molecular flexibility index (Phi) is 5.10. The number of methoxy groups -OCH3 is 1. The van der Waals surface area contributed by atoms with Gasteiger partial charge in [-0.25, -0.2) is 13.4 Å². The fraction of sp³-hybridized carbons (Fsp3) is 0.316. The van der Waals surface area contributed by atoms with Crippen molar-refractivity contribution in [2.24, 2.45) is 0 Å². The molecule has 1 aliphatic carbocycles. The van der Waals surface area contributed by atoms with E-state index < -0.39 is 9.84 Å². The van der Waals surface area contributed by atoms with Crippen LogP contribution in [0.4, 0.5) is 23.3 Å². The van der Waals surface area contributed by atoms with E-state index in [4.69, 9.17) is 4.74 Å². The molecule has 29 heavy (non-hydrogen) atoms. The van der Waals surface area contributed by atoms with Gasteiger partial charge in [-0.05, 0) is 30.5 Å². The summed E-state index contributed by atoms with van der Waals surface area (Å²) in [6, 6.07) is 9.07. The lowest BCUT2D eigenvalue weighted by molar-refractivity contribution is 0.413. The zero-order valence-electron chi connectivity index (χ0n) is 16.1. The maximum absolute atomic E-state index is 11.4. The normalized spacial score (nSPS) is 13.9. The first-order valence-electron chi connectivity index (χ1n) is 9.16. The number of hydrogen-bond donors (Lipinski definition) is 3. The lowest BCUT2D eigenvalue weighted by Crippen LogP contribution is -2.04. The Hall–Kier alpha value is -3.14. The van der Waals surface area contributed by atoms with E-state index in [-0.39, 0.29) is 5.75 Å². The van der Waals surface area contributed by atoms with Crippen LogP contribution in [0.3, 0.4) is 0 Å². The number of ether oxygens (including phenoxy) is 1. The van der Waals surface area contributed by atoms with Gasteiger partial charge in [0.15, 0.2) is 27.2 Å². The number of nitrogens with zero attached hydrogens (tertiary/aromatic N) is 3. The summed E-state index contributed by atoms with van der Waals surface area (Å²) >= 11 is 0. The molecule has 0 radical (unpaired) electrons. The molecule has 10 heteroatoms.